The fourth-order valence-electron chi connectivity index (χ4n) is 7.34. The summed E-state index contributed by atoms with van der Waals surface area (Å²) in [5, 5.41) is 7.18. The highest BCUT2D eigenvalue weighted by Gasteiger charge is 2.17. The molecule has 0 fully saturated rings. The molecule has 0 aliphatic heterocycles. The molecule has 0 spiro atoms. The number of rotatable bonds is 5. The molecule has 0 saturated carbocycles. The Kier molecular flexibility index (Phi) is 6.78. The van der Waals surface area contributed by atoms with Crippen LogP contribution in [0.5, 0.6) is 0 Å². The molecule has 8 aromatic carbocycles. The van der Waals surface area contributed by atoms with Crippen molar-refractivity contribution in [1.29, 1.82) is 0 Å². The quantitative estimate of drug-likeness (QED) is 0.186. The lowest BCUT2D eigenvalue weighted by molar-refractivity contribution is 1.07. The van der Waals surface area contributed by atoms with Crippen LogP contribution in [-0.4, -0.2) is 19.5 Å². The van der Waals surface area contributed by atoms with Crippen LogP contribution in [0.25, 0.3) is 94.3 Å². The SMILES string of the molecule is c1ccc(-c2nc(-c3ccc4cccc(-c5ccc6ccccc6c5)c4c3)nc(-c3ccc4c5ccccc5n(-c5ccccc5)c4c3)n2)cc1. The van der Waals surface area contributed by atoms with Crippen LogP contribution >= 0.6 is 0 Å². The zero-order chi connectivity index (χ0) is 33.7. The van der Waals surface area contributed by atoms with Crippen LogP contribution in [0.3, 0.4) is 0 Å². The molecule has 0 saturated heterocycles. The van der Waals surface area contributed by atoms with E-state index in [0.29, 0.717) is 17.5 Å². The first-order valence-corrected chi connectivity index (χ1v) is 17.2. The zero-order valence-electron chi connectivity index (χ0n) is 27.6. The Morgan fingerprint density at radius 3 is 1.73 bits per heavy atom. The molecule has 0 atom stereocenters. The first-order valence-electron chi connectivity index (χ1n) is 17.2. The molecule has 0 aliphatic carbocycles. The zero-order valence-corrected chi connectivity index (χ0v) is 27.6. The van der Waals surface area contributed by atoms with Crippen LogP contribution in [0, 0.1) is 0 Å². The van der Waals surface area contributed by atoms with Crippen LogP contribution in [0.15, 0.2) is 182 Å². The van der Waals surface area contributed by atoms with Gasteiger partial charge in [-0.15, -0.1) is 0 Å². The molecule has 2 aromatic heterocycles. The average molecular weight is 651 g/mol. The summed E-state index contributed by atoms with van der Waals surface area (Å²) in [6.07, 6.45) is 0. The normalized spacial score (nSPS) is 11.5. The molecule has 4 heteroatoms. The highest BCUT2D eigenvalue weighted by Crippen LogP contribution is 2.36. The molecular formula is C47H30N4. The van der Waals surface area contributed by atoms with Gasteiger partial charge in [0, 0.05) is 33.2 Å². The van der Waals surface area contributed by atoms with E-state index >= 15 is 0 Å². The third-order valence-electron chi connectivity index (χ3n) is 9.81. The first kappa shape index (κ1) is 29.0. The fourth-order valence-corrected chi connectivity index (χ4v) is 7.34. The van der Waals surface area contributed by atoms with E-state index in [1.165, 1.54) is 38.1 Å². The molecule has 0 bridgehead atoms. The van der Waals surface area contributed by atoms with E-state index in [4.69, 9.17) is 15.0 Å². The Morgan fingerprint density at radius 2 is 0.902 bits per heavy atom. The maximum atomic E-state index is 5.18. The lowest BCUT2D eigenvalue weighted by atomic mass is 9.95. The van der Waals surface area contributed by atoms with E-state index in [-0.39, 0.29) is 0 Å². The third-order valence-corrected chi connectivity index (χ3v) is 9.81. The van der Waals surface area contributed by atoms with Crippen LogP contribution in [0.2, 0.25) is 0 Å². The van der Waals surface area contributed by atoms with Gasteiger partial charge in [0.2, 0.25) is 0 Å². The van der Waals surface area contributed by atoms with Crippen LogP contribution < -0.4 is 0 Å². The van der Waals surface area contributed by atoms with Gasteiger partial charge in [0.1, 0.15) is 0 Å². The Hall–Kier alpha value is -6.91. The lowest BCUT2D eigenvalue weighted by Gasteiger charge is -2.12. The fraction of sp³-hybridized carbons (Fsp3) is 0. The van der Waals surface area contributed by atoms with E-state index in [0.717, 1.165) is 38.8 Å². The summed E-state index contributed by atoms with van der Waals surface area (Å²) >= 11 is 0. The largest absolute Gasteiger partial charge is 0.309 e. The number of benzene rings is 8. The van der Waals surface area contributed by atoms with E-state index in [9.17, 15) is 0 Å². The summed E-state index contributed by atoms with van der Waals surface area (Å²) in [6.45, 7) is 0. The van der Waals surface area contributed by atoms with Crippen molar-refractivity contribution in [3.8, 4) is 51.0 Å². The second-order valence-corrected chi connectivity index (χ2v) is 12.9. The van der Waals surface area contributed by atoms with Gasteiger partial charge in [-0.1, -0.05) is 146 Å². The molecule has 4 nitrogen and oxygen atoms in total. The number of fused-ring (bicyclic) bond motifs is 5. The van der Waals surface area contributed by atoms with Crippen molar-refractivity contribution in [2.75, 3.05) is 0 Å². The van der Waals surface area contributed by atoms with Gasteiger partial charge < -0.3 is 4.57 Å². The monoisotopic (exact) mass is 650 g/mol. The highest BCUT2D eigenvalue weighted by atomic mass is 15.0. The van der Waals surface area contributed by atoms with Crippen molar-refractivity contribution in [2.45, 2.75) is 0 Å². The number of hydrogen-bond acceptors (Lipinski definition) is 3. The third kappa shape index (κ3) is 5.04. The van der Waals surface area contributed by atoms with Gasteiger partial charge in [-0.2, -0.15) is 0 Å². The minimum absolute atomic E-state index is 0.633. The summed E-state index contributed by atoms with van der Waals surface area (Å²) in [4.78, 5) is 15.4. The molecular weight excluding hydrogens is 621 g/mol. The van der Waals surface area contributed by atoms with Crippen LogP contribution in [-0.2, 0) is 0 Å². The molecule has 10 aromatic rings. The molecule has 0 radical (unpaired) electrons. The minimum atomic E-state index is 0.633. The standard InChI is InChI=1S/C47H30N4/c1-3-13-33(14-4-1)45-48-46(36-25-23-32-16-11-20-39(42(32)29-36)35-24-22-31-12-7-8-15-34(31)28-35)50-47(49-45)37-26-27-41-40-19-9-10-21-43(40)51(44(41)30-37)38-17-5-2-6-18-38/h1-30H. The Labute approximate surface area is 295 Å². The summed E-state index contributed by atoms with van der Waals surface area (Å²) in [7, 11) is 0. The number of hydrogen-bond donors (Lipinski definition) is 0. The van der Waals surface area contributed by atoms with Crippen molar-refractivity contribution in [3.05, 3.63) is 182 Å². The van der Waals surface area contributed by atoms with E-state index in [1.54, 1.807) is 0 Å². The summed E-state index contributed by atoms with van der Waals surface area (Å²) < 4.78 is 2.33. The average Bonchev–Trinajstić information content (AvgIpc) is 3.54. The van der Waals surface area contributed by atoms with Gasteiger partial charge in [0.25, 0.3) is 0 Å². The van der Waals surface area contributed by atoms with Gasteiger partial charge >= 0.3 is 0 Å². The summed E-state index contributed by atoms with van der Waals surface area (Å²) in [6, 6.07) is 64.0. The van der Waals surface area contributed by atoms with E-state index in [1.807, 2.05) is 18.2 Å². The predicted octanol–water partition coefficient (Wildman–Crippen LogP) is 11.9. The Morgan fingerprint density at radius 1 is 0.314 bits per heavy atom. The van der Waals surface area contributed by atoms with Crippen LogP contribution in [0.4, 0.5) is 0 Å². The molecule has 51 heavy (non-hydrogen) atoms. The number of aromatic nitrogens is 4. The molecule has 0 N–H and O–H groups in total. The Balaban J connectivity index is 1.17. The number of para-hydroxylation sites is 2. The molecule has 2 heterocycles. The topological polar surface area (TPSA) is 43.6 Å². The molecule has 10 rings (SSSR count). The van der Waals surface area contributed by atoms with Crippen LogP contribution in [0.1, 0.15) is 0 Å². The van der Waals surface area contributed by atoms with Crippen molar-refractivity contribution >= 4 is 43.4 Å². The van der Waals surface area contributed by atoms with Gasteiger partial charge in [-0.05, 0) is 69.1 Å². The van der Waals surface area contributed by atoms with E-state index < -0.39 is 0 Å². The van der Waals surface area contributed by atoms with E-state index in [2.05, 4.69) is 168 Å². The van der Waals surface area contributed by atoms with Crippen molar-refractivity contribution in [3.63, 3.8) is 0 Å². The first-order chi connectivity index (χ1) is 25.3. The molecule has 0 aliphatic rings. The minimum Gasteiger partial charge on any atom is -0.309 e. The maximum absolute atomic E-state index is 5.18. The van der Waals surface area contributed by atoms with Crippen molar-refractivity contribution in [1.82, 2.24) is 19.5 Å². The second-order valence-electron chi connectivity index (χ2n) is 12.9. The smallest absolute Gasteiger partial charge is 0.164 e. The predicted molar refractivity (Wildman–Crippen MR) is 211 cm³/mol. The summed E-state index contributed by atoms with van der Waals surface area (Å²) in [5.41, 5.74) is 8.55. The van der Waals surface area contributed by atoms with Gasteiger partial charge in [0.05, 0.1) is 11.0 Å². The maximum Gasteiger partial charge on any atom is 0.164 e. The Bertz CT molecular complexity index is 2910. The van der Waals surface area contributed by atoms with Gasteiger partial charge in [-0.3, -0.25) is 0 Å². The van der Waals surface area contributed by atoms with Gasteiger partial charge in [-0.25, -0.2) is 15.0 Å². The highest BCUT2D eigenvalue weighted by molar-refractivity contribution is 6.10. The van der Waals surface area contributed by atoms with Crippen molar-refractivity contribution in [2.24, 2.45) is 0 Å². The molecule has 238 valence electrons. The molecule has 0 amide bonds. The second kappa shape index (κ2) is 11.9. The number of nitrogens with zero attached hydrogens (tertiary/aromatic N) is 4. The summed E-state index contributed by atoms with van der Waals surface area (Å²) in [5.74, 6) is 1.91. The van der Waals surface area contributed by atoms with Gasteiger partial charge in [0.15, 0.2) is 17.5 Å². The van der Waals surface area contributed by atoms with Crippen molar-refractivity contribution < 1.29 is 0 Å². The lowest BCUT2D eigenvalue weighted by Crippen LogP contribution is -2.00. The molecule has 0 unspecified atom stereocenters.